The number of nitrogens with zero attached hydrogens (tertiary/aromatic N) is 2. The number of benzene rings is 3. The Hall–Kier alpha value is -2.58. The van der Waals surface area contributed by atoms with Crippen molar-refractivity contribution in [1.29, 1.82) is 0 Å². The molecule has 1 unspecified atom stereocenters. The summed E-state index contributed by atoms with van der Waals surface area (Å²) in [5.41, 5.74) is 6.97. The molecule has 3 aromatic carbocycles. The van der Waals surface area contributed by atoms with Crippen LogP contribution in [0.25, 0.3) is 11.1 Å². The van der Waals surface area contributed by atoms with Crippen molar-refractivity contribution in [3.8, 4) is 11.1 Å². The third-order valence-electron chi connectivity index (χ3n) is 5.90. The molecule has 0 N–H and O–H groups in total. The molecule has 2 heteroatoms. The Labute approximate surface area is 175 Å². The molecular weight excluding hydrogens is 352 g/mol. The second kappa shape index (κ2) is 9.28. The van der Waals surface area contributed by atoms with Crippen LogP contribution in [0.5, 0.6) is 0 Å². The summed E-state index contributed by atoms with van der Waals surface area (Å²) in [6.07, 6.45) is 3.52. The van der Waals surface area contributed by atoms with Crippen LogP contribution in [-0.4, -0.2) is 38.6 Å². The van der Waals surface area contributed by atoms with E-state index in [1.54, 1.807) is 0 Å². The van der Waals surface area contributed by atoms with E-state index >= 15 is 0 Å². The lowest BCUT2D eigenvalue weighted by Gasteiger charge is -2.37. The molecule has 1 aliphatic rings. The van der Waals surface area contributed by atoms with E-state index in [0.29, 0.717) is 5.92 Å². The Bertz CT molecular complexity index is 899. The molecule has 1 heterocycles. The summed E-state index contributed by atoms with van der Waals surface area (Å²) >= 11 is 0. The predicted molar refractivity (Wildman–Crippen MR) is 125 cm³/mol. The van der Waals surface area contributed by atoms with Crippen LogP contribution in [0.3, 0.4) is 0 Å². The average molecular weight is 385 g/mol. The van der Waals surface area contributed by atoms with Gasteiger partial charge in [0.2, 0.25) is 0 Å². The fraction of sp³-hybridized carbons (Fsp3) is 0.333. The van der Waals surface area contributed by atoms with Crippen molar-refractivity contribution < 1.29 is 0 Å². The number of rotatable bonds is 7. The third-order valence-corrected chi connectivity index (χ3v) is 5.90. The summed E-state index contributed by atoms with van der Waals surface area (Å²) in [4.78, 5) is 4.94. The van der Waals surface area contributed by atoms with Crippen LogP contribution in [0.4, 0.5) is 5.69 Å². The lowest BCUT2D eigenvalue weighted by Crippen LogP contribution is -2.40. The molecule has 1 aliphatic heterocycles. The second-order valence-corrected chi connectivity index (χ2v) is 8.57. The number of aryl methyl sites for hydroxylation is 1. The van der Waals surface area contributed by atoms with Gasteiger partial charge in [-0.1, -0.05) is 72.8 Å². The zero-order valence-electron chi connectivity index (χ0n) is 17.7. The van der Waals surface area contributed by atoms with Gasteiger partial charge in [0.1, 0.15) is 0 Å². The number of para-hydroxylation sites is 1. The van der Waals surface area contributed by atoms with Crippen LogP contribution in [0, 0.1) is 5.92 Å². The van der Waals surface area contributed by atoms with Crippen LogP contribution in [0.15, 0.2) is 78.9 Å². The van der Waals surface area contributed by atoms with Crippen LogP contribution in [0.1, 0.15) is 17.5 Å². The maximum absolute atomic E-state index is 2.62. The number of anilines is 1. The summed E-state index contributed by atoms with van der Waals surface area (Å²) < 4.78 is 0. The van der Waals surface area contributed by atoms with Gasteiger partial charge in [0, 0.05) is 25.3 Å². The molecule has 0 saturated heterocycles. The zero-order valence-corrected chi connectivity index (χ0v) is 17.7. The van der Waals surface area contributed by atoms with E-state index in [1.807, 2.05) is 0 Å². The largest absolute Gasteiger partial charge is 0.371 e. The molecule has 3 aromatic rings. The normalized spacial score (nSPS) is 16.1. The van der Waals surface area contributed by atoms with Crippen molar-refractivity contribution in [1.82, 2.24) is 4.90 Å². The molecule has 29 heavy (non-hydrogen) atoms. The summed E-state index contributed by atoms with van der Waals surface area (Å²) in [7, 11) is 4.37. The van der Waals surface area contributed by atoms with Crippen LogP contribution < -0.4 is 4.90 Å². The van der Waals surface area contributed by atoms with Gasteiger partial charge >= 0.3 is 0 Å². The Morgan fingerprint density at radius 1 is 0.828 bits per heavy atom. The van der Waals surface area contributed by atoms with E-state index in [9.17, 15) is 0 Å². The standard InChI is InChI=1S/C27H32N2/c1-28(2)20-23-19-26-12-6-7-13-27(26)29(21-23)18-8-9-22-14-16-25(17-15-22)24-10-4-3-5-11-24/h3-7,10-17,23H,8-9,18-21H2,1-2H3. The Morgan fingerprint density at radius 3 is 2.28 bits per heavy atom. The average Bonchev–Trinajstić information content (AvgIpc) is 2.74. The third kappa shape index (κ3) is 5.07. The van der Waals surface area contributed by atoms with Crippen molar-refractivity contribution in [3.05, 3.63) is 90.0 Å². The van der Waals surface area contributed by atoms with Gasteiger partial charge in [-0.2, -0.15) is 0 Å². The Kier molecular flexibility index (Phi) is 6.31. The van der Waals surface area contributed by atoms with Gasteiger partial charge in [0.15, 0.2) is 0 Å². The molecule has 0 bridgehead atoms. The highest BCUT2D eigenvalue weighted by atomic mass is 15.2. The quantitative estimate of drug-likeness (QED) is 0.529. The SMILES string of the molecule is CN(C)CC1Cc2ccccc2N(CCCc2ccc(-c3ccccc3)cc2)C1. The molecule has 0 aliphatic carbocycles. The Balaban J connectivity index is 1.37. The highest BCUT2D eigenvalue weighted by Gasteiger charge is 2.24. The second-order valence-electron chi connectivity index (χ2n) is 8.57. The van der Waals surface area contributed by atoms with Crippen LogP contribution in [-0.2, 0) is 12.8 Å². The van der Waals surface area contributed by atoms with Gasteiger partial charge in [-0.15, -0.1) is 0 Å². The van der Waals surface area contributed by atoms with Crippen molar-refractivity contribution >= 4 is 5.69 Å². The predicted octanol–water partition coefficient (Wildman–Crippen LogP) is 5.53. The molecule has 0 radical (unpaired) electrons. The van der Waals surface area contributed by atoms with E-state index < -0.39 is 0 Å². The van der Waals surface area contributed by atoms with Gasteiger partial charge in [-0.25, -0.2) is 0 Å². The first-order valence-electron chi connectivity index (χ1n) is 10.8. The van der Waals surface area contributed by atoms with Crippen LogP contribution in [0.2, 0.25) is 0 Å². The van der Waals surface area contributed by atoms with Gasteiger partial charge in [0.05, 0.1) is 0 Å². The Morgan fingerprint density at radius 2 is 1.52 bits per heavy atom. The van der Waals surface area contributed by atoms with Crippen molar-refractivity contribution in [3.63, 3.8) is 0 Å². The lowest BCUT2D eigenvalue weighted by atomic mass is 9.92. The number of hydrogen-bond acceptors (Lipinski definition) is 2. The number of hydrogen-bond donors (Lipinski definition) is 0. The monoisotopic (exact) mass is 384 g/mol. The van der Waals surface area contributed by atoms with E-state index in [-0.39, 0.29) is 0 Å². The summed E-state index contributed by atoms with van der Waals surface area (Å²) in [5, 5.41) is 0. The molecule has 0 fully saturated rings. The molecule has 4 rings (SSSR count). The molecular formula is C27H32N2. The molecule has 0 amide bonds. The first kappa shape index (κ1) is 19.7. The van der Waals surface area contributed by atoms with Gasteiger partial charge in [-0.05, 0) is 67.6 Å². The minimum Gasteiger partial charge on any atom is -0.371 e. The molecule has 150 valence electrons. The first-order valence-corrected chi connectivity index (χ1v) is 10.8. The van der Waals surface area contributed by atoms with Crippen molar-refractivity contribution in [2.24, 2.45) is 5.92 Å². The fourth-order valence-corrected chi connectivity index (χ4v) is 4.60. The van der Waals surface area contributed by atoms with Crippen molar-refractivity contribution in [2.75, 3.05) is 38.6 Å². The summed E-state index contributed by atoms with van der Waals surface area (Å²) in [6, 6.07) is 28.7. The summed E-state index contributed by atoms with van der Waals surface area (Å²) in [5.74, 6) is 0.713. The van der Waals surface area contributed by atoms with Crippen LogP contribution >= 0.6 is 0 Å². The van der Waals surface area contributed by atoms with Crippen molar-refractivity contribution in [2.45, 2.75) is 19.3 Å². The molecule has 1 atom stereocenters. The van der Waals surface area contributed by atoms with Gasteiger partial charge < -0.3 is 9.80 Å². The summed E-state index contributed by atoms with van der Waals surface area (Å²) in [6.45, 7) is 3.45. The molecule has 2 nitrogen and oxygen atoms in total. The van der Waals surface area contributed by atoms with E-state index in [0.717, 1.165) is 19.5 Å². The fourth-order valence-electron chi connectivity index (χ4n) is 4.60. The highest BCUT2D eigenvalue weighted by molar-refractivity contribution is 5.63. The van der Waals surface area contributed by atoms with Gasteiger partial charge in [-0.3, -0.25) is 0 Å². The maximum Gasteiger partial charge on any atom is 0.0398 e. The molecule has 0 aromatic heterocycles. The first-order chi connectivity index (χ1) is 14.2. The van der Waals surface area contributed by atoms with E-state index in [1.165, 1.54) is 47.3 Å². The molecule has 0 saturated carbocycles. The van der Waals surface area contributed by atoms with E-state index in [4.69, 9.17) is 0 Å². The lowest BCUT2D eigenvalue weighted by molar-refractivity contribution is 0.317. The minimum atomic E-state index is 0.713. The zero-order chi connectivity index (χ0) is 20.1. The molecule has 0 spiro atoms. The number of fused-ring (bicyclic) bond motifs is 1. The minimum absolute atomic E-state index is 0.713. The van der Waals surface area contributed by atoms with E-state index in [2.05, 4.69) is 103 Å². The smallest absolute Gasteiger partial charge is 0.0398 e. The topological polar surface area (TPSA) is 6.48 Å². The maximum atomic E-state index is 2.62. The van der Waals surface area contributed by atoms with Gasteiger partial charge in [0.25, 0.3) is 0 Å². The highest BCUT2D eigenvalue weighted by Crippen LogP contribution is 2.30.